The lowest BCUT2D eigenvalue weighted by Crippen LogP contribution is -2.51. The van der Waals surface area contributed by atoms with Crippen LogP contribution in [0.1, 0.15) is 58.8 Å². The number of hydrogen-bond donors (Lipinski definition) is 2. The maximum atomic E-state index is 14.2. The molecular weight excluding hydrogens is 279 g/mol. The molecule has 0 aromatic rings. The summed E-state index contributed by atoms with van der Waals surface area (Å²) in [4.78, 5) is 0. The van der Waals surface area contributed by atoms with Crippen molar-refractivity contribution < 1.29 is 14.6 Å². The molecule has 2 nitrogen and oxygen atoms in total. The minimum Gasteiger partial charge on any atom is -0.390 e. The molecule has 0 unspecified atom stereocenters. The zero-order valence-electron chi connectivity index (χ0n) is 13.8. The molecule has 4 aliphatic carbocycles. The molecule has 0 aromatic heterocycles. The quantitative estimate of drug-likeness (QED) is 0.671. The van der Waals surface area contributed by atoms with Crippen LogP contribution in [0.25, 0.3) is 0 Å². The number of aliphatic hydroxyl groups is 2. The highest BCUT2D eigenvalue weighted by molar-refractivity contribution is 5.25. The van der Waals surface area contributed by atoms with Gasteiger partial charge in [-0.25, -0.2) is 4.39 Å². The van der Waals surface area contributed by atoms with Crippen molar-refractivity contribution in [2.75, 3.05) is 0 Å². The zero-order chi connectivity index (χ0) is 15.7. The van der Waals surface area contributed by atoms with Gasteiger partial charge in [0.25, 0.3) is 0 Å². The van der Waals surface area contributed by atoms with Crippen LogP contribution in [0.4, 0.5) is 4.39 Å². The second-order valence-corrected chi connectivity index (χ2v) is 8.87. The molecule has 0 bridgehead atoms. The van der Waals surface area contributed by atoms with E-state index < -0.39 is 12.3 Å². The van der Waals surface area contributed by atoms with Crippen molar-refractivity contribution in [2.24, 2.45) is 28.6 Å². The van der Waals surface area contributed by atoms with Crippen LogP contribution in [0.3, 0.4) is 0 Å². The van der Waals surface area contributed by atoms with Gasteiger partial charge in [-0.2, -0.15) is 0 Å². The molecule has 3 fully saturated rings. The average molecular weight is 308 g/mol. The van der Waals surface area contributed by atoms with Crippen LogP contribution in [0.2, 0.25) is 0 Å². The molecule has 4 rings (SSSR count). The highest BCUT2D eigenvalue weighted by Gasteiger charge is 2.61. The maximum absolute atomic E-state index is 14.2. The second-order valence-electron chi connectivity index (χ2n) is 8.87. The van der Waals surface area contributed by atoms with E-state index in [9.17, 15) is 14.6 Å². The van der Waals surface area contributed by atoms with Crippen molar-refractivity contribution in [3.05, 3.63) is 11.6 Å². The summed E-state index contributed by atoms with van der Waals surface area (Å²) in [6.07, 6.45) is 6.72. The van der Waals surface area contributed by atoms with Crippen LogP contribution >= 0.6 is 0 Å². The van der Waals surface area contributed by atoms with Crippen molar-refractivity contribution in [1.82, 2.24) is 0 Å². The molecule has 0 aliphatic heterocycles. The van der Waals surface area contributed by atoms with E-state index in [0.29, 0.717) is 24.2 Å². The smallest absolute Gasteiger partial charge is 0.127 e. The van der Waals surface area contributed by atoms with E-state index >= 15 is 0 Å². The summed E-state index contributed by atoms with van der Waals surface area (Å²) in [5.41, 5.74) is 1.43. The second kappa shape index (κ2) is 4.80. The lowest BCUT2D eigenvalue weighted by Gasteiger charge is -2.58. The Labute approximate surface area is 132 Å². The van der Waals surface area contributed by atoms with Crippen molar-refractivity contribution >= 4 is 0 Å². The van der Waals surface area contributed by atoms with Crippen molar-refractivity contribution in [3.8, 4) is 0 Å². The summed E-state index contributed by atoms with van der Waals surface area (Å²) in [5, 5.41) is 20.3. The summed E-state index contributed by atoms with van der Waals surface area (Å²) in [6.45, 7) is 4.50. The number of rotatable bonds is 0. The van der Waals surface area contributed by atoms with Gasteiger partial charge in [0.15, 0.2) is 0 Å². The predicted molar refractivity (Wildman–Crippen MR) is 84.0 cm³/mol. The van der Waals surface area contributed by atoms with Crippen LogP contribution < -0.4 is 0 Å². The summed E-state index contributed by atoms with van der Waals surface area (Å²) in [6, 6.07) is 0. The molecule has 3 saturated carbocycles. The molecule has 0 saturated heterocycles. The van der Waals surface area contributed by atoms with Crippen molar-refractivity contribution in [1.29, 1.82) is 0 Å². The Morgan fingerprint density at radius 3 is 2.64 bits per heavy atom. The Bertz CT molecular complexity index is 504. The van der Waals surface area contributed by atoms with Crippen molar-refractivity contribution in [2.45, 2.75) is 77.2 Å². The van der Waals surface area contributed by atoms with Gasteiger partial charge in [-0.3, -0.25) is 0 Å². The molecule has 124 valence electrons. The van der Waals surface area contributed by atoms with Gasteiger partial charge in [0.1, 0.15) is 6.17 Å². The van der Waals surface area contributed by atoms with Gasteiger partial charge in [-0.1, -0.05) is 25.5 Å². The molecule has 4 aliphatic rings. The van der Waals surface area contributed by atoms with E-state index in [1.807, 2.05) is 0 Å². The van der Waals surface area contributed by atoms with E-state index in [4.69, 9.17) is 0 Å². The van der Waals surface area contributed by atoms with Gasteiger partial charge in [0, 0.05) is 0 Å². The molecule has 0 aromatic carbocycles. The first kappa shape index (κ1) is 15.1. The molecule has 0 heterocycles. The number of hydrogen-bond acceptors (Lipinski definition) is 2. The fourth-order valence-corrected chi connectivity index (χ4v) is 6.65. The molecule has 3 heteroatoms. The topological polar surface area (TPSA) is 40.5 Å². The zero-order valence-corrected chi connectivity index (χ0v) is 13.8. The van der Waals surface area contributed by atoms with E-state index in [2.05, 4.69) is 19.9 Å². The minimum absolute atomic E-state index is 0.197. The monoisotopic (exact) mass is 308 g/mol. The van der Waals surface area contributed by atoms with Crippen LogP contribution in [0, 0.1) is 28.6 Å². The molecule has 0 amide bonds. The molecule has 0 spiro atoms. The summed E-state index contributed by atoms with van der Waals surface area (Å²) >= 11 is 0. The van der Waals surface area contributed by atoms with Crippen LogP contribution in [-0.2, 0) is 0 Å². The fourth-order valence-electron chi connectivity index (χ4n) is 6.65. The first-order valence-electron chi connectivity index (χ1n) is 9.07. The Hall–Kier alpha value is -0.410. The molecular formula is C19H29FO2. The SMILES string of the molecule is C[C@]12CC[C@H]3[C@@H](CCC4=C[C@@H](O)CC[C@@]43C)[C@@H]1C[C@@H](F)[C@@H]2O. The van der Waals surface area contributed by atoms with E-state index in [1.54, 1.807) is 0 Å². The van der Waals surface area contributed by atoms with Gasteiger partial charge >= 0.3 is 0 Å². The fraction of sp³-hybridized carbons (Fsp3) is 0.895. The minimum atomic E-state index is -1.04. The Balaban J connectivity index is 1.68. The number of allylic oxidation sites excluding steroid dienone is 1. The summed E-state index contributed by atoms with van der Waals surface area (Å²) in [7, 11) is 0. The summed E-state index contributed by atoms with van der Waals surface area (Å²) in [5.74, 6) is 1.49. The van der Waals surface area contributed by atoms with E-state index in [-0.39, 0.29) is 16.9 Å². The summed E-state index contributed by atoms with van der Waals surface area (Å²) < 4.78 is 14.2. The molecule has 22 heavy (non-hydrogen) atoms. The Morgan fingerprint density at radius 2 is 1.86 bits per heavy atom. The van der Waals surface area contributed by atoms with E-state index in [0.717, 1.165) is 38.5 Å². The highest BCUT2D eigenvalue weighted by atomic mass is 19.1. The van der Waals surface area contributed by atoms with E-state index in [1.165, 1.54) is 5.57 Å². The lowest BCUT2D eigenvalue weighted by atomic mass is 9.47. The number of alkyl halides is 1. The molecule has 0 radical (unpaired) electrons. The number of fused-ring (bicyclic) bond motifs is 5. The maximum Gasteiger partial charge on any atom is 0.127 e. The first-order chi connectivity index (χ1) is 10.4. The molecule has 2 N–H and O–H groups in total. The van der Waals surface area contributed by atoms with Gasteiger partial charge in [0.05, 0.1) is 12.2 Å². The normalized spacial score (nSPS) is 57.6. The van der Waals surface area contributed by atoms with Gasteiger partial charge in [-0.05, 0) is 73.5 Å². The lowest BCUT2D eigenvalue weighted by molar-refractivity contribution is -0.0808. The first-order valence-corrected chi connectivity index (χ1v) is 9.07. The van der Waals surface area contributed by atoms with Crippen LogP contribution in [0.5, 0.6) is 0 Å². The number of aliphatic hydroxyl groups excluding tert-OH is 2. The third-order valence-electron chi connectivity index (χ3n) is 8.02. The molecule has 8 atom stereocenters. The third kappa shape index (κ3) is 1.84. The standard InChI is InChI=1S/C19H29FO2/c1-18-7-5-12(21)9-11(18)3-4-13-14(18)6-8-19(2)15(13)10-16(20)17(19)22/h9,12-17,21-22H,3-8,10H2,1-2H3/t12-,13+,14-,15-,16+,17-,18-,19-/m0/s1. The van der Waals surface area contributed by atoms with Gasteiger partial charge in [0.2, 0.25) is 0 Å². The largest absolute Gasteiger partial charge is 0.390 e. The number of halogens is 1. The van der Waals surface area contributed by atoms with Crippen LogP contribution in [-0.4, -0.2) is 28.6 Å². The Kier molecular flexibility index (Phi) is 3.30. The third-order valence-corrected chi connectivity index (χ3v) is 8.02. The van der Waals surface area contributed by atoms with Crippen LogP contribution in [0.15, 0.2) is 11.6 Å². The van der Waals surface area contributed by atoms with Gasteiger partial charge in [-0.15, -0.1) is 0 Å². The highest BCUT2D eigenvalue weighted by Crippen LogP contribution is 2.65. The Morgan fingerprint density at radius 1 is 1.09 bits per heavy atom. The van der Waals surface area contributed by atoms with Gasteiger partial charge < -0.3 is 10.2 Å². The predicted octanol–water partition coefficient (Wildman–Crippen LogP) is 3.62. The average Bonchev–Trinajstić information content (AvgIpc) is 2.72. The van der Waals surface area contributed by atoms with Crippen molar-refractivity contribution in [3.63, 3.8) is 0 Å².